The average Bonchev–Trinajstić information content (AvgIpc) is 2.67. The van der Waals surface area contributed by atoms with Crippen LogP contribution in [-0.4, -0.2) is 24.4 Å². The van der Waals surface area contributed by atoms with Crippen molar-refractivity contribution in [1.82, 2.24) is 0 Å². The fraction of sp³-hybridized carbons (Fsp3) is 0.250. The fourth-order valence-corrected chi connectivity index (χ4v) is 2.33. The van der Waals surface area contributed by atoms with Crippen molar-refractivity contribution in [2.45, 2.75) is 26.2 Å². The summed E-state index contributed by atoms with van der Waals surface area (Å²) in [6.45, 7) is 1.51. The van der Waals surface area contributed by atoms with Crippen LogP contribution < -0.4 is 10.6 Å². The SMILES string of the molecule is CCc1ccccc1NC(=O)CCC(=O)OCC(=O)Nc1ccc(F)cc1. The van der Waals surface area contributed by atoms with Gasteiger partial charge in [0.2, 0.25) is 5.91 Å². The molecule has 0 aliphatic rings. The van der Waals surface area contributed by atoms with Gasteiger partial charge in [0.25, 0.3) is 5.91 Å². The molecule has 0 aliphatic heterocycles. The Balaban J connectivity index is 1.70. The van der Waals surface area contributed by atoms with Crippen LogP contribution in [0.4, 0.5) is 15.8 Å². The van der Waals surface area contributed by atoms with Gasteiger partial charge in [-0.15, -0.1) is 0 Å². The lowest BCUT2D eigenvalue weighted by Crippen LogP contribution is -2.21. The summed E-state index contributed by atoms with van der Waals surface area (Å²) in [4.78, 5) is 35.3. The van der Waals surface area contributed by atoms with Gasteiger partial charge >= 0.3 is 5.97 Å². The van der Waals surface area contributed by atoms with Crippen LogP contribution in [0, 0.1) is 5.82 Å². The van der Waals surface area contributed by atoms with Crippen LogP contribution in [0.1, 0.15) is 25.3 Å². The number of hydrogen-bond acceptors (Lipinski definition) is 4. The molecule has 2 aromatic rings. The van der Waals surface area contributed by atoms with Crippen molar-refractivity contribution in [2.24, 2.45) is 0 Å². The molecule has 0 atom stereocenters. The van der Waals surface area contributed by atoms with Crippen molar-refractivity contribution in [3.05, 3.63) is 59.9 Å². The van der Waals surface area contributed by atoms with E-state index in [9.17, 15) is 18.8 Å². The minimum absolute atomic E-state index is 0.0452. The van der Waals surface area contributed by atoms with Crippen molar-refractivity contribution in [2.75, 3.05) is 17.2 Å². The zero-order valence-corrected chi connectivity index (χ0v) is 15.0. The number of amides is 2. The molecule has 0 aliphatic carbocycles. The highest BCUT2D eigenvalue weighted by Crippen LogP contribution is 2.15. The second-order valence-corrected chi connectivity index (χ2v) is 5.77. The van der Waals surface area contributed by atoms with Crippen molar-refractivity contribution in [1.29, 1.82) is 0 Å². The van der Waals surface area contributed by atoms with Gasteiger partial charge in [-0.1, -0.05) is 25.1 Å². The van der Waals surface area contributed by atoms with Crippen LogP contribution in [0.25, 0.3) is 0 Å². The number of para-hydroxylation sites is 1. The summed E-state index contributed by atoms with van der Waals surface area (Å²) in [5, 5.41) is 5.23. The highest BCUT2D eigenvalue weighted by Gasteiger charge is 2.12. The molecule has 0 aromatic heterocycles. The quantitative estimate of drug-likeness (QED) is 0.697. The Morgan fingerprint density at radius 2 is 1.63 bits per heavy atom. The van der Waals surface area contributed by atoms with Gasteiger partial charge in [-0.2, -0.15) is 0 Å². The molecule has 2 aromatic carbocycles. The Hall–Kier alpha value is -3.22. The normalized spacial score (nSPS) is 10.1. The first-order chi connectivity index (χ1) is 13.0. The number of aryl methyl sites for hydroxylation is 1. The lowest BCUT2D eigenvalue weighted by molar-refractivity contribution is -0.147. The van der Waals surface area contributed by atoms with Crippen molar-refractivity contribution in [3.63, 3.8) is 0 Å². The van der Waals surface area contributed by atoms with Gasteiger partial charge in [-0.25, -0.2) is 4.39 Å². The molecule has 0 heterocycles. The van der Waals surface area contributed by atoms with Gasteiger partial charge in [0.1, 0.15) is 5.82 Å². The summed E-state index contributed by atoms with van der Waals surface area (Å²) >= 11 is 0. The molecule has 7 heteroatoms. The van der Waals surface area contributed by atoms with Crippen molar-refractivity contribution >= 4 is 29.2 Å². The zero-order chi connectivity index (χ0) is 19.6. The third kappa shape index (κ3) is 6.89. The number of rotatable bonds is 8. The number of halogens is 1. The minimum Gasteiger partial charge on any atom is -0.456 e. The summed E-state index contributed by atoms with van der Waals surface area (Å²) in [5.41, 5.74) is 2.12. The lowest BCUT2D eigenvalue weighted by Gasteiger charge is -2.09. The summed E-state index contributed by atoms with van der Waals surface area (Å²) in [6, 6.07) is 12.6. The van der Waals surface area contributed by atoms with Gasteiger partial charge in [0, 0.05) is 17.8 Å². The van der Waals surface area contributed by atoms with Crippen molar-refractivity contribution < 1.29 is 23.5 Å². The molecule has 27 heavy (non-hydrogen) atoms. The second-order valence-electron chi connectivity index (χ2n) is 5.77. The van der Waals surface area contributed by atoms with Crippen LogP contribution >= 0.6 is 0 Å². The third-order valence-corrected chi connectivity index (χ3v) is 3.72. The predicted molar refractivity (Wildman–Crippen MR) is 99.7 cm³/mol. The van der Waals surface area contributed by atoms with Crippen LogP contribution in [0.3, 0.4) is 0 Å². The van der Waals surface area contributed by atoms with E-state index >= 15 is 0 Å². The van der Waals surface area contributed by atoms with Crippen LogP contribution in [-0.2, 0) is 25.5 Å². The van der Waals surface area contributed by atoms with E-state index < -0.39 is 24.3 Å². The van der Waals surface area contributed by atoms with Gasteiger partial charge in [-0.3, -0.25) is 14.4 Å². The topological polar surface area (TPSA) is 84.5 Å². The maximum atomic E-state index is 12.8. The number of carbonyl (C=O) groups is 3. The van der Waals surface area contributed by atoms with E-state index in [-0.39, 0.29) is 18.7 Å². The maximum absolute atomic E-state index is 12.8. The summed E-state index contributed by atoms with van der Waals surface area (Å²) in [5.74, 6) is -1.91. The van der Waals surface area contributed by atoms with Gasteiger partial charge in [0.05, 0.1) is 6.42 Å². The molecule has 0 spiro atoms. The zero-order valence-electron chi connectivity index (χ0n) is 15.0. The number of anilines is 2. The van der Waals surface area contributed by atoms with E-state index in [1.165, 1.54) is 24.3 Å². The summed E-state index contributed by atoms with van der Waals surface area (Å²) in [6.07, 6.45) is 0.599. The summed E-state index contributed by atoms with van der Waals surface area (Å²) < 4.78 is 17.6. The molecule has 142 valence electrons. The monoisotopic (exact) mass is 372 g/mol. The van der Waals surface area contributed by atoms with E-state index in [0.717, 1.165) is 17.7 Å². The molecule has 0 bridgehead atoms. The van der Waals surface area contributed by atoms with Crippen LogP contribution in [0.2, 0.25) is 0 Å². The highest BCUT2D eigenvalue weighted by molar-refractivity contribution is 5.94. The number of esters is 1. The molecular formula is C20H21FN2O4. The lowest BCUT2D eigenvalue weighted by atomic mass is 10.1. The molecular weight excluding hydrogens is 351 g/mol. The first kappa shape index (κ1) is 20.1. The van der Waals surface area contributed by atoms with E-state index in [0.29, 0.717) is 5.69 Å². The Labute approximate surface area is 156 Å². The van der Waals surface area contributed by atoms with E-state index in [4.69, 9.17) is 4.74 Å². The molecule has 0 fully saturated rings. The van der Waals surface area contributed by atoms with Crippen LogP contribution in [0.5, 0.6) is 0 Å². The Morgan fingerprint density at radius 3 is 2.33 bits per heavy atom. The van der Waals surface area contributed by atoms with Crippen molar-refractivity contribution in [3.8, 4) is 0 Å². The first-order valence-electron chi connectivity index (χ1n) is 8.56. The van der Waals surface area contributed by atoms with E-state index in [2.05, 4.69) is 10.6 Å². The molecule has 2 amide bonds. The molecule has 0 saturated heterocycles. The Kier molecular flexibility index (Phi) is 7.49. The smallest absolute Gasteiger partial charge is 0.306 e. The molecule has 0 unspecified atom stereocenters. The van der Waals surface area contributed by atoms with Gasteiger partial charge in [0.15, 0.2) is 6.61 Å². The average molecular weight is 372 g/mol. The van der Waals surface area contributed by atoms with E-state index in [1.54, 1.807) is 6.07 Å². The second kappa shape index (κ2) is 10.1. The molecule has 0 radical (unpaired) electrons. The Morgan fingerprint density at radius 1 is 0.926 bits per heavy atom. The maximum Gasteiger partial charge on any atom is 0.306 e. The third-order valence-electron chi connectivity index (χ3n) is 3.72. The number of hydrogen-bond donors (Lipinski definition) is 2. The molecule has 2 N–H and O–H groups in total. The number of benzene rings is 2. The molecule has 0 saturated carbocycles. The minimum atomic E-state index is -0.650. The molecule has 2 rings (SSSR count). The van der Waals surface area contributed by atoms with Crippen LogP contribution in [0.15, 0.2) is 48.5 Å². The number of ether oxygens (including phenoxy) is 1. The molecule has 6 nitrogen and oxygen atoms in total. The first-order valence-corrected chi connectivity index (χ1v) is 8.56. The number of carbonyl (C=O) groups excluding carboxylic acids is 3. The predicted octanol–water partition coefficient (Wildman–Crippen LogP) is 3.29. The van der Waals surface area contributed by atoms with E-state index in [1.807, 2.05) is 25.1 Å². The standard InChI is InChI=1S/C20H21FN2O4/c1-2-14-5-3-4-6-17(14)23-18(24)11-12-20(26)27-13-19(25)22-16-9-7-15(21)8-10-16/h3-10H,2,11-13H2,1H3,(H,22,25)(H,23,24). The largest absolute Gasteiger partial charge is 0.456 e. The van der Waals surface area contributed by atoms with Gasteiger partial charge < -0.3 is 15.4 Å². The number of nitrogens with one attached hydrogen (secondary N) is 2. The summed E-state index contributed by atoms with van der Waals surface area (Å²) in [7, 11) is 0. The highest BCUT2D eigenvalue weighted by atomic mass is 19.1. The van der Waals surface area contributed by atoms with Gasteiger partial charge in [-0.05, 0) is 42.3 Å². The fourth-order valence-electron chi connectivity index (χ4n) is 2.33. The Bertz CT molecular complexity index is 806.